The van der Waals surface area contributed by atoms with E-state index in [0.717, 1.165) is 12.0 Å². The molecule has 0 saturated carbocycles. The summed E-state index contributed by atoms with van der Waals surface area (Å²) >= 11 is 0. The molecule has 0 bridgehead atoms. The first-order valence-corrected chi connectivity index (χ1v) is 6.00. The molecule has 94 valence electrons. The maximum absolute atomic E-state index is 11.2. The predicted molar refractivity (Wildman–Crippen MR) is 69.6 cm³/mol. The summed E-state index contributed by atoms with van der Waals surface area (Å²) in [5.41, 5.74) is 1.86. The van der Waals surface area contributed by atoms with Crippen LogP contribution in [0.4, 0.5) is 0 Å². The molecule has 2 rings (SSSR count). The van der Waals surface area contributed by atoms with Gasteiger partial charge in [-0.15, -0.1) is 0 Å². The van der Waals surface area contributed by atoms with Crippen LogP contribution in [0.5, 0.6) is 0 Å². The standard InChI is InChI=1S/C14H16N2O2/c1-3-10(2)16-9-11(8-15-16)12-6-4-5-7-13(12)14(17)18/h4-10H,3H2,1-2H3,(H,17,18)/t10-/m0/s1. The molecule has 0 spiro atoms. The van der Waals surface area contributed by atoms with Crippen LogP contribution < -0.4 is 0 Å². The topological polar surface area (TPSA) is 55.1 Å². The van der Waals surface area contributed by atoms with Crippen molar-refractivity contribution < 1.29 is 9.90 Å². The summed E-state index contributed by atoms with van der Waals surface area (Å²) in [7, 11) is 0. The van der Waals surface area contributed by atoms with E-state index < -0.39 is 5.97 Å². The number of carboxylic acids is 1. The second kappa shape index (κ2) is 5.04. The van der Waals surface area contributed by atoms with Gasteiger partial charge in [0.15, 0.2) is 0 Å². The van der Waals surface area contributed by atoms with E-state index in [0.29, 0.717) is 17.2 Å². The van der Waals surface area contributed by atoms with Gasteiger partial charge in [-0.1, -0.05) is 25.1 Å². The second-order valence-electron chi connectivity index (χ2n) is 4.32. The fraction of sp³-hybridized carbons (Fsp3) is 0.286. The molecule has 4 heteroatoms. The Kier molecular flexibility index (Phi) is 3.46. The smallest absolute Gasteiger partial charge is 0.336 e. The molecule has 0 aliphatic carbocycles. The van der Waals surface area contributed by atoms with Gasteiger partial charge in [0.25, 0.3) is 0 Å². The molecule has 2 aromatic rings. The summed E-state index contributed by atoms with van der Waals surface area (Å²) < 4.78 is 1.87. The second-order valence-corrected chi connectivity index (χ2v) is 4.32. The molecule has 0 unspecified atom stereocenters. The summed E-state index contributed by atoms with van der Waals surface area (Å²) in [5.74, 6) is -0.915. The minimum Gasteiger partial charge on any atom is -0.478 e. The first kappa shape index (κ1) is 12.4. The third-order valence-corrected chi connectivity index (χ3v) is 3.11. The van der Waals surface area contributed by atoms with Gasteiger partial charge in [0.2, 0.25) is 0 Å². The van der Waals surface area contributed by atoms with Crippen LogP contribution in [-0.4, -0.2) is 20.9 Å². The lowest BCUT2D eigenvalue weighted by Gasteiger charge is -2.08. The van der Waals surface area contributed by atoms with Crippen molar-refractivity contribution in [2.75, 3.05) is 0 Å². The van der Waals surface area contributed by atoms with Crippen LogP contribution in [0.1, 0.15) is 36.7 Å². The Hall–Kier alpha value is -2.10. The first-order chi connectivity index (χ1) is 8.63. The van der Waals surface area contributed by atoms with Gasteiger partial charge in [0, 0.05) is 17.8 Å². The first-order valence-electron chi connectivity index (χ1n) is 6.00. The Morgan fingerprint density at radius 2 is 2.17 bits per heavy atom. The zero-order valence-corrected chi connectivity index (χ0v) is 10.5. The van der Waals surface area contributed by atoms with E-state index in [-0.39, 0.29) is 0 Å². The van der Waals surface area contributed by atoms with E-state index in [4.69, 9.17) is 5.11 Å². The van der Waals surface area contributed by atoms with Crippen molar-refractivity contribution in [1.82, 2.24) is 9.78 Å². The van der Waals surface area contributed by atoms with Crippen molar-refractivity contribution in [3.05, 3.63) is 42.2 Å². The Morgan fingerprint density at radius 3 is 2.83 bits per heavy atom. The Bertz CT molecular complexity index is 560. The number of aromatic carboxylic acids is 1. The van der Waals surface area contributed by atoms with Crippen LogP contribution in [0.25, 0.3) is 11.1 Å². The molecule has 1 aromatic carbocycles. The largest absolute Gasteiger partial charge is 0.478 e. The fourth-order valence-corrected chi connectivity index (χ4v) is 1.83. The van der Waals surface area contributed by atoms with E-state index in [2.05, 4.69) is 18.9 Å². The minimum atomic E-state index is -0.915. The van der Waals surface area contributed by atoms with Gasteiger partial charge in [-0.2, -0.15) is 5.10 Å². The van der Waals surface area contributed by atoms with Gasteiger partial charge in [-0.3, -0.25) is 4.68 Å². The molecule has 0 saturated heterocycles. The van der Waals surface area contributed by atoms with Crippen LogP contribution in [0.2, 0.25) is 0 Å². The van der Waals surface area contributed by atoms with Crippen LogP contribution in [0.15, 0.2) is 36.7 Å². The van der Waals surface area contributed by atoms with E-state index in [1.165, 1.54) is 0 Å². The SMILES string of the molecule is CC[C@H](C)n1cc(-c2ccccc2C(=O)O)cn1. The van der Waals surface area contributed by atoms with Gasteiger partial charge in [0.1, 0.15) is 0 Å². The summed E-state index contributed by atoms with van der Waals surface area (Å²) in [5, 5.41) is 13.4. The lowest BCUT2D eigenvalue weighted by molar-refractivity contribution is 0.0697. The van der Waals surface area contributed by atoms with E-state index in [9.17, 15) is 4.79 Å². The minimum absolute atomic E-state index is 0.307. The molecule has 0 aliphatic heterocycles. The number of carbonyl (C=O) groups is 1. The summed E-state index contributed by atoms with van der Waals surface area (Å²) in [6.45, 7) is 4.18. The summed E-state index contributed by atoms with van der Waals surface area (Å²) in [6.07, 6.45) is 4.60. The third kappa shape index (κ3) is 2.27. The number of nitrogens with zero attached hydrogens (tertiary/aromatic N) is 2. The normalized spacial score (nSPS) is 12.3. The average molecular weight is 244 g/mol. The molecule has 0 radical (unpaired) electrons. The molecule has 1 heterocycles. The Labute approximate surface area is 106 Å². The molecule has 4 nitrogen and oxygen atoms in total. The monoisotopic (exact) mass is 244 g/mol. The summed E-state index contributed by atoms with van der Waals surface area (Å²) in [6, 6.07) is 7.30. The van der Waals surface area contributed by atoms with Crippen molar-refractivity contribution in [3.8, 4) is 11.1 Å². The van der Waals surface area contributed by atoms with Gasteiger partial charge in [0.05, 0.1) is 11.8 Å². The van der Waals surface area contributed by atoms with Crippen molar-refractivity contribution in [2.45, 2.75) is 26.3 Å². The molecular formula is C14H16N2O2. The molecule has 18 heavy (non-hydrogen) atoms. The van der Waals surface area contributed by atoms with Crippen molar-refractivity contribution >= 4 is 5.97 Å². The molecule has 0 fully saturated rings. The van der Waals surface area contributed by atoms with Gasteiger partial charge < -0.3 is 5.11 Å². The molecular weight excluding hydrogens is 228 g/mol. The predicted octanol–water partition coefficient (Wildman–Crippen LogP) is 3.22. The van der Waals surface area contributed by atoms with Crippen molar-refractivity contribution in [2.24, 2.45) is 0 Å². The summed E-state index contributed by atoms with van der Waals surface area (Å²) in [4.78, 5) is 11.2. The number of benzene rings is 1. The number of hydrogen-bond donors (Lipinski definition) is 1. The Balaban J connectivity index is 2.43. The highest BCUT2D eigenvalue weighted by Gasteiger charge is 2.13. The quantitative estimate of drug-likeness (QED) is 0.898. The number of rotatable bonds is 4. The number of hydrogen-bond acceptors (Lipinski definition) is 2. The van der Waals surface area contributed by atoms with Crippen LogP contribution in [-0.2, 0) is 0 Å². The van der Waals surface area contributed by atoms with Crippen LogP contribution >= 0.6 is 0 Å². The molecule has 0 aliphatic rings. The van der Waals surface area contributed by atoms with E-state index in [1.54, 1.807) is 24.4 Å². The van der Waals surface area contributed by atoms with E-state index in [1.807, 2.05) is 16.9 Å². The van der Waals surface area contributed by atoms with Crippen LogP contribution in [0.3, 0.4) is 0 Å². The van der Waals surface area contributed by atoms with Gasteiger partial charge >= 0.3 is 5.97 Å². The highest BCUT2D eigenvalue weighted by atomic mass is 16.4. The molecule has 1 atom stereocenters. The molecule has 1 aromatic heterocycles. The van der Waals surface area contributed by atoms with E-state index >= 15 is 0 Å². The van der Waals surface area contributed by atoms with Crippen LogP contribution in [0, 0.1) is 0 Å². The zero-order chi connectivity index (χ0) is 13.1. The zero-order valence-electron chi connectivity index (χ0n) is 10.5. The highest BCUT2D eigenvalue weighted by Crippen LogP contribution is 2.24. The maximum Gasteiger partial charge on any atom is 0.336 e. The third-order valence-electron chi connectivity index (χ3n) is 3.11. The maximum atomic E-state index is 11.2. The molecule has 0 amide bonds. The van der Waals surface area contributed by atoms with Crippen molar-refractivity contribution in [3.63, 3.8) is 0 Å². The van der Waals surface area contributed by atoms with Crippen molar-refractivity contribution in [1.29, 1.82) is 0 Å². The number of aromatic nitrogens is 2. The lowest BCUT2D eigenvalue weighted by atomic mass is 10.0. The Morgan fingerprint density at radius 1 is 1.44 bits per heavy atom. The van der Waals surface area contributed by atoms with Gasteiger partial charge in [-0.25, -0.2) is 4.79 Å². The number of carboxylic acid groups (broad SMARTS) is 1. The average Bonchev–Trinajstić information content (AvgIpc) is 2.87. The fourth-order valence-electron chi connectivity index (χ4n) is 1.83. The van der Waals surface area contributed by atoms with Gasteiger partial charge in [-0.05, 0) is 25.0 Å². The molecule has 1 N–H and O–H groups in total. The highest BCUT2D eigenvalue weighted by molar-refractivity contribution is 5.95. The lowest BCUT2D eigenvalue weighted by Crippen LogP contribution is -2.03.